The number of aryl methyl sites for hydroxylation is 1. The maximum atomic E-state index is 12.2. The third kappa shape index (κ3) is 5.35. The van der Waals surface area contributed by atoms with E-state index in [1.54, 1.807) is 0 Å². The quantitative estimate of drug-likeness (QED) is 0.737. The van der Waals surface area contributed by atoms with Crippen LogP contribution in [0.1, 0.15) is 29.2 Å². The summed E-state index contributed by atoms with van der Waals surface area (Å²) in [5.41, 5.74) is 4.73. The minimum absolute atomic E-state index is 0.00148. The molecule has 0 saturated carbocycles. The van der Waals surface area contributed by atoms with Crippen LogP contribution in [-0.2, 0) is 22.6 Å². The number of fused-ring (bicyclic) bond motifs is 1. The first-order chi connectivity index (χ1) is 14.0. The Balaban J connectivity index is 1.59. The van der Waals surface area contributed by atoms with Crippen molar-refractivity contribution >= 4 is 17.5 Å². The van der Waals surface area contributed by atoms with Gasteiger partial charge in [0.15, 0.2) is 0 Å². The summed E-state index contributed by atoms with van der Waals surface area (Å²) in [6.07, 6.45) is 2.22. The van der Waals surface area contributed by atoms with Crippen LogP contribution in [0.15, 0.2) is 48.5 Å². The largest absolute Gasteiger partial charge is 0.374 e. The van der Waals surface area contributed by atoms with Gasteiger partial charge in [-0.05, 0) is 49.7 Å². The number of hydrogen-bond acceptors (Lipinski definition) is 4. The lowest BCUT2D eigenvalue weighted by atomic mass is 9.96. The van der Waals surface area contributed by atoms with Crippen molar-refractivity contribution in [3.8, 4) is 0 Å². The Morgan fingerprint density at radius 1 is 1.07 bits per heavy atom. The van der Waals surface area contributed by atoms with Gasteiger partial charge in [0.2, 0.25) is 0 Å². The van der Waals surface area contributed by atoms with E-state index in [4.69, 9.17) is 0 Å². The van der Waals surface area contributed by atoms with E-state index in [0.29, 0.717) is 13.1 Å². The monoisotopic (exact) mass is 394 g/mol. The highest BCUT2D eigenvalue weighted by Gasteiger charge is 2.21. The van der Waals surface area contributed by atoms with Gasteiger partial charge < -0.3 is 20.4 Å². The third-order valence-corrected chi connectivity index (χ3v) is 5.42. The molecule has 6 heteroatoms. The van der Waals surface area contributed by atoms with E-state index < -0.39 is 11.8 Å². The maximum absolute atomic E-state index is 12.2. The number of likely N-dealkylation sites (N-methyl/N-ethyl adjacent to an activating group) is 1. The Hall–Kier alpha value is -2.86. The number of nitrogens with one attached hydrogen (secondary N) is 2. The van der Waals surface area contributed by atoms with Crippen molar-refractivity contribution in [1.29, 1.82) is 0 Å². The Morgan fingerprint density at radius 2 is 1.79 bits per heavy atom. The van der Waals surface area contributed by atoms with Crippen LogP contribution in [0.25, 0.3) is 0 Å². The molecule has 0 aliphatic carbocycles. The number of anilines is 1. The number of rotatable bonds is 6. The Kier molecular flexibility index (Phi) is 6.88. The normalized spacial score (nSPS) is 14.3. The molecule has 0 aromatic heterocycles. The van der Waals surface area contributed by atoms with Gasteiger partial charge in [-0.2, -0.15) is 0 Å². The van der Waals surface area contributed by atoms with Gasteiger partial charge in [0, 0.05) is 32.4 Å². The highest BCUT2D eigenvalue weighted by atomic mass is 16.2. The predicted molar refractivity (Wildman–Crippen MR) is 116 cm³/mol. The zero-order chi connectivity index (χ0) is 20.8. The molecule has 1 heterocycles. The molecule has 1 atom stereocenters. The summed E-state index contributed by atoms with van der Waals surface area (Å²) in [5.74, 6) is -1.22. The molecule has 3 rings (SSSR count). The van der Waals surface area contributed by atoms with Crippen molar-refractivity contribution in [2.24, 2.45) is 0 Å². The zero-order valence-corrected chi connectivity index (χ0v) is 17.4. The summed E-state index contributed by atoms with van der Waals surface area (Å²) in [4.78, 5) is 28.7. The van der Waals surface area contributed by atoms with Gasteiger partial charge in [0.25, 0.3) is 0 Å². The molecular weight excluding hydrogens is 364 g/mol. The molecule has 2 aromatic rings. The molecule has 29 heavy (non-hydrogen) atoms. The highest BCUT2D eigenvalue weighted by Crippen LogP contribution is 2.29. The van der Waals surface area contributed by atoms with Crippen molar-refractivity contribution in [2.75, 3.05) is 39.1 Å². The lowest BCUT2D eigenvalue weighted by Crippen LogP contribution is -2.43. The molecule has 2 aromatic carbocycles. The first kappa shape index (κ1) is 20.9. The van der Waals surface area contributed by atoms with E-state index in [2.05, 4.69) is 45.7 Å². The molecule has 0 bridgehead atoms. The molecule has 6 nitrogen and oxygen atoms in total. The van der Waals surface area contributed by atoms with Crippen LogP contribution < -0.4 is 15.5 Å². The fraction of sp³-hybridized carbons (Fsp3) is 0.391. The molecular formula is C23H30N4O2. The Labute approximate surface area is 172 Å². The topological polar surface area (TPSA) is 64.7 Å². The van der Waals surface area contributed by atoms with Crippen molar-refractivity contribution in [2.45, 2.75) is 25.4 Å². The summed E-state index contributed by atoms with van der Waals surface area (Å²) >= 11 is 0. The molecule has 0 spiro atoms. The van der Waals surface area contributed by atoms with Gasteiger partial charge >= 0.3 is 11.8 Å². The van der Waals surface area contributed by atoms with Crippen LogP contribution in [0.3, 0.4) is 0 Å². The van der Waals surface area contributed by atoms with Crippen LogP contribution in [0, 0.1) is 0 Å². The first-order valence-electron chi connectivity index (χ1n) is 10.1. The van der Waals surface area contributed by atoms with Gasteiger partial charge in [0.1, 0.15) is 0 Å². The van der Waals surface area contributed by atoms with E-state index >= 15 is 0 Å². The first-order valence-corrected chi connectivity index (χ1v) is 10.1. The van der Waals surface area contributed by atoms with Crippen LogP contribution in [-0.4, -0.2) is 50.9 Å². The third-order valence-electron chi connectivity index (χ3n) is 5.42. The molecule has 1 aliphatic rings. The average Bonchev–Trinajstić information content (AvgIpc) is 2.72. The second kappa shape index (κ2) is 9.56. The number of benzene rings is 2. The summed E-state index contributed by atoms with van der Waals surface area (Å²) in [5, 5.41) is 5.45. The van der Waals surface area contributed by atoms with Crippen molar-refractivity contribution < 1.29 is 9.59 Å². The van der Waals surface area contributed by atoms with Crippen molar-refractivity contribution in [3.05, 3.63) is 65.2 Å². The molecule has 0 saturated heterocycles. The van der Waals surface area contributed by atoms with Crippen LogP contribution >= 0.6 is 0 Å². The van der Waals surface area contributed by atoms with Gasteiger partial charge in [-0.3, -0.25) is 9.59 Å². The van der Waals surface area contributed by atoms with Crippen molar-refractivity contribution in [3.63, 3.8) is 0 Å². The smallest absolute Gasteiger partial charge is 0.309 e. The summed E-state index contributed by atoms with van der Waals surface area (Å²) in [7, 11) is 6.09. The average molecular weight is 395 g/mol. The summed E-state index contributed by atoms with van der Waals surface area (Å²) in [6, 6.07) is 16.1. The van der Waals surface area contributed by atoms with Gasteiger partial charge in [-0.25, -0.2) is 0 Å². The number of nitrogens with zero attached hydrogens (tertiary/aromatic N) is 2. The predicted octanol–water partition coefficient (Wildman–Crippen LogP) is 2.10. The molecule has 2 N–H and O–H groups in total. The van der Waals surface area contributed by atoms with Crippen LogP contribution in [0.5, 0.6) is 0 Å². The number of carbonyl (C=O) groups excluding carboxylic acids is 2. The molecule has 154 valence electrons. The van der Waals surface area contributed by atoms with Gasteiger partial charge in [-0.1, -0.05) is 42.5 Å². The molecule has 2 amide bonds. The minimum atomic E-state index is -0.613. The van der Waals surface area contributed by atoms with Gasteiger partial charge in [-0.15, -0.1) is 0 Å². The molecule has 0 fully saturated rings. The minimum Gasteiger partial charge on any atom is -0.374 e. The standard InChI is InChI=1S/C23H30N4O2/c1-26(2)21(19-11-12-20-18(14-19)10-7-13-27(20)3)16-25-23(29)22(28)24-15-17-8-5-4-6-9-17/h4-6,8-9,11-12,14,21H,7,10,13,15-16H2,1-3H3,(H,24,28)(H,25,29)/t21-/m0/s1. The zero-order valence-electron chi connectivity index (χ0n) is 17.4. The van der Waals surface area contributed by atoms with Crippen LogP contribution in [0.2, 0.25) is 0 Å². The summed E-state index contributed by atoms with van der Waals surface area (Å²) < 4.78 is 0. The van der Waals surface area contributed by atoms with E-state index in [9.17, 15) is 9.59 Å². The lowest BCUT2D eigenvalue weighted by molar-refractivity contribution is -0.139. The van der Waals surface area contributed by atoms with Crippen LogP contribution in [0.4, 0.5) is 5.69 Å². The van der Waals surface area contributed by atoms with E-state index in [1.165, 1.54) is 11.3 Å². The molecule has 0 radical (unpaired) electrons. The number of hydrogen-bond donors (Lipinski definition) is 2. The second-order valence-corrected chi connectivity index (χ2v) is 7.77. The highest BCUT2D eigenvalue weighted by molar-refractivity contribution is 6.35. The van der Waals surface area contributed by atoms with Crippen molar-refractivity contribution in [1.82, 2.24) is 15.5 Å². The van der Waals surface area contributed by atoms with E-state index in [-0.39, 0.29) is 6.04 Å². The molecule has 0 unspecified atom stereocenters. The second-order valence-electron chi connectivity index (χ2n) is 7.77. The molecule has 1 aliphatic heterocycles. The SMILES string of the molecule is CN1CCCc2cc([C@H](CNC(=O)C(=O)NCc3ccccc3)N(C)C)ccc21. The number of carbonyl (C=O) groups is 2. The van der Waals surface area contributed by atoms with Gasteiger partial charge in [0.05, 0.1) is 6.04 Å². The summed E-state index contributed by atoms with van der Waals surface area (Å²) in [6.45, 7) is 1.79. The van der Waals surface area contributed by atoms with E-state index in [1.807, 2.05) is 44.4 Å². The van der Waals surface area contributed by atoms with E-state index in [0.717, 1.165) is 30.5 Å². The fourth-order valence-electron chi connectivity index (χ4n) is 3.74. The maximum Gasteiger partial charge on any atom is 0.309 e. The number of amides is 2. The Bertz CT molecular complexity index is 851. The lowest BCUT2D eigenvalue weighted by Gasteiger charge is -2.30. The fourth-order valence-corrected chi connectivity index (χ4v) is 3.74. The Morgan fingerprint density at radius 3 is 2.52 bits per heavy atom.